The van der Waals surface area contributed by atoms with Crippen molar-refractivity contribution in [3.63, 3.8) is 0 Å². The molecule has 194 valence electrons. The molecule has 1 fully saturated rings. The van der Waals surface area contributed by atoms with E-state index in [-0.39, 0.29) is 35.3 Å². The van der Waals surface area contributed by atoms with E-state index >= 15 is 0 Å². The average Bonchev–Trinajstić information content (AvgIpc) is 3.44. The molecule has 0 saturated heterocycles. The van der Waals surface area contributed by atoms with Gasteiger partial charge in [0.25, 0.3) is 0 Å². The lowest BCUT2D eigenvalue weighted by Crippen LogP contribution is -2.28. The number of ether oxygens (including phenoxy) is 1. The van der Waals surface area contributed by atoms with Gasteiger partial charge in [0.1, 0.15) is 11.6 Å². The molecular formula is C27H36N4O4S. The molecule has 2 heterocycles. The summed E-state index contributed by atoms with van der Waals surface area (Å²) in [6, 6.07) is 7.60. The number of carbonyl (C=O) groups excluding carboxylic acids is 2. The van der Waals surface area contributed by atoms with Gasteiger partial charge in [-0.25, -0.2) is 14.5 Å². The van der Waals surface area contributed by atoms with Crippen LogP contribution in [0.15, 0.2) is 30.5 Å². The molecule has 1 aliphatic carbocycles. The quantitative estimate of drug-likeness (QED) is 0.406. The number of benzene rings is 1. The predicted octanol–water partition coefficient (Wildman–Crippen LogP) is 5.33. The molecule has 0 bridgehead atoms. The number of rotatable bonds is 8. The molecule has 0 amide bonds. The SMILES string of the molecule is CC(C)C(C(=O)CCC1CC(O)CC(c2nc3ccccc3s2)C1)n1cc(C(=O)OC(C)(C)C)nn1. The Labute approximate surface area is 216 Å². The molecule has 3 aromatic rings. The van der Waals surface area contributed by atoms with E-state index < -0.39 is 17.6 Å². The standard InChI is InChI=1S/C27H36N4O4S/c1-16(2)24(31-15-21(29-30-31)26(34)35-27(3,4)5)22(33)11-10-17-12-18(14-19(32)13-17)25-28-20-8-6-7-9-23(20)36-25/h6-9,15-19,24,32H,10-14H2,1-5H3. The second kappa shape index (κ2) is 10.8. The van der Waals surface area contributed by atoms with Crippen LogP contribution in [0, 0.1) is 11.8 Å². The molecule has 9 heteroatoms. The first-order valence-electron chi connectivity index (χ1n) is 12.7. The Bertz CT molecular complexity index is 1180. The number of Topliss-reactive ketones (excluding diaryl/α,β-unsaturated/α-hetero) is 1. The maximum atomic E-state index is 13.3. The van der Waals surface area contributed by atoms with Gasteiger partial charge in [-0.2, -0.15) is 0 Å². The summed E-state index contributed by atoms with van der Waals surface area (Å²) in [4.78, 5) is 30.5. The first-order chi connectivity index (χ1) is 17.0. The molecule has 36 heavy (non-hydrogen) atoms. The largest absolute Gasteiger partial charge is 0.455 e. The number of aliphatic hydroxyl groups excluding tert-OH is 1. The van der Waals surface area contributed by atoms with Gasteiger partial charge in [-0.3, -0.25) is 4.79 Å². The Morgan fingerprint density at radius 2 is 1.94 bits per heavy atom. The molecule has 0 radical (unpaired) electrons. The van der Waals surface area contributed by atoms with Crippen molar-refractivity contribution in [3.8, 4) is 0 Å². The van der Waals surface area contributed by atoms with Gasteiger partial charge in [-0.05, 0) is 70.4 Å². The number of fused-ring (bicyclic) bond motifs is 1. The smallest absolute Gasteiger partial charge is 0.361 e. The third-order valence-electron chi connectivity index (χ3n) is 6.60. The van der Waals surface area contributed by atoms with Gasteiger partial charge >= 0.3 is 5.97 Å². The number of nitrogens with zero attached hydrogens (tertiary/aromatic N) is 4. The zero-order valence-electron chi connectivity index (χ0n) is 21.7. The molecular weight excluding hydrogens is 476 g/mol. The predicted molar refractivity (Wildman–Crippen MR) is 139 cm³/mol. The lowest BCUT2D eigenvalue weighted by atomic mass is 9.77. The number of hydrogen-bond donors (Lipinski definition) is 1. The Kier molecular flexibility index (Phi) is 7.90. The van der Waals surface area contributed by atoms with Gasteiger partial charge in [-0.1, -0.05) is 31.2 Å². The molecule has 1 aromatic carbocycles. The van der Waals surface area contributed by atoms with Crippen LogP contribution in [0.4, 0.5) is 0 Å². The summed E-state index contributed by atoms with van der Waals surface area (Å²) in [6.45, 7) is 9.30. The summed E-state index contributed by atoms with van der Waals surface area (Å²) in [5.74, 6) is -0.0596. The van der Waals surface area contributed by atoms with E-state index in [1.165, 1.54) is 10.9 Å². The minimum atomic E-state index is -0.637. The number of hydrogen-bond acceptors (Lipinski definition) is 8. The van der Waals surface area contributed by atoms with Crippen LogP contribution in [0.1, 0.15) is 94.2 Å². The second-order valence-corrected chi connectivity index (χ2v) is 12.3. The number of aliphatic hydroxyl groups is 1. The minimum Gasteiger partial charge on any atom is -0.455 e. The highest BCUT2D eigenvalue weighted by Crippen LogP contribution is 2.41. The van der Waals surface area contributed by atoms with Gasteiger partial charge in [0, 0.05) is 12.3 Å². The summed E-state index contributed by atoms with van der Waals surface area (Å²) < 4.78 is 8.03. The van der Waals surface area contributed by atoms with Crippen LogP contribution in [-0.2, 0) is 9.53 Å². The normalized spacial score (nSPS) is 21.6. The van der Waals surface area contributed by atoms with Gasteiger partial charge < -0.3 is 9.84 Å². The summed E-state index contributed by atoms with van der Waals surface area (Å²) >= 11 is 1.70. The summed E-state index contributed by atoms with van der Waals surface area (Å²) in [7, 11) is 0. The van der Waals surface area contributed by atoms with Gasteiger partial charge in [0.2, 0.25) is 0 Å². The maximum Gasteiger partial charge on any atom is 0.361 e. The number of esters is 1. The van der Waals surface area contributed by atoms with Gasteiger partial charge in [0.05, 0.1) is 27.5 Å². The Morgan fingerprint density at radius 3 is 2.64 bits per heavy atom. The fourth-order valence-corrected chi connectivity index (χ4v) is 6.16. The van der Waals surface area contributed by atoms with Crippen molar-refractivity contribution in [2.45, 2.75) is 90.4 Å². The molecule has 4 unspecified atom stereocenters. The van der Waals surface area contributed by atoms with Crippen LogP contribution < -0.4 is 0 Å². The number of para-hydroxylation sites is 1. The molecule has 0 aliphatic heterocycles. The third kappa shape index (κ3) is 6.37. The molecule has 4 atom stereocenters. The van der Waals surface area contributed by atoms with Gasteiger partial charge in [0.15, 0.2) is 11.5 Å². The average molecular weight is 513 g/mol. The van der Waals surface area contributed by atoms with Crippen molar-refractivity contribution in [3.05, 3.63) is 41.2 Å². The molecule has 8 nitrogen and oxygen atoms in total. The van der Waals surface area contributed by atoms with E-state index in [1.54, 1.807) is 32.1 Å². The number of aromatic nitrogens is 4. The molecule has 0 spiro atoms. The Hall–Kier alpha value is -2.65. The fraction of sp³-hybridized carbons (Fsp3) is 0.593. The summed E-state index contributed by atoms with van der Waals surface area (Å²) in [6.07, 6.45) is 4.54. The van der Waals surface area contributed by atoms with Crippen LogP contribution in [0.25, 0.3) is 10.2 Å². The van der Waals surface area contributed by atoms with Crippen LogP contribution >= 0.6 is 11.3 Å². The van der Waals surface area contributed by atoms with Crippen molar-refractivity contribution < 1.29 is 19.4 Å². The summed E-state index contributed by atoms with van der Waals surface area (Å²) in [5, 5.41) is 19.7. The van der Waals surface area contributed by atoms with E-state index in [9.17, 15) is 14.7 Å². The van der Waals surface area contributed by atoms with E-state index in [2.05, 4.69) is 16.4 Å². The third-order valence-corrected chi connectivity index (χ3v) is 7.80. The zero-order chi connectivity index (χ0) is 26.0. The zero-order valence-corrected chi connectivity index (χ0v) is 22.5. The van der Waals surface area contributed by atoms with Gasteiger partial charge in [-0.15, -0.1) is 16.4 Å². The topological polar surface area (TPSA) is 107 Å². The number of thiazole rings is 1. The Morgan fingerprint density at radius 1 is 1.19 bits per heavy atom. The molecule has 1 aliphatic rings. The fourth-order valence-electron chi connectivity index (χ4n) is 5.06. The highest BCUT2D eigenvalue weighted by atomic mass is 32.1. The van der Waals surface area contributed by atoms with Crippen LogP contribution in [0.3, 0.4) is 0 Å². The van der Waals surface area contributed by atoms with E-state index in [0.29, 0.717) is 25.7 Å². The van der Waals surface area contributed by atoms with E-state index in [4.69, 9.17) is 9.72 Å². The highest BCUT2D eigenvalue weighted by Gasteiger charge is 2.33. The molecule has 1 saturated carbocycles. The minimum absolute atomic E-state index is 0.0156. The van der Waals surface area contributed by atoms with Crippen molar-refractivity contribution in [1.29, 1.82) is 0 Å². The van der Waals surface area contributed by atoms with Crippen LogP contribution in [-0.4, -0.2) is 48.5 Å². The molecule has 1 N–H and O–H groups in total. The van der Waals surface area contributed by atoms with Crippen molar-refractivity contribution in [2.75, 3.05) is 0 Å². The summed E-state index contributed by atoms with van der Waals surface area (Å²) in [5.41, 5.74) is 0.460. The molecule has 2 aromatic heterocycles. The number of carbonyl (C=O) groups is 2. The first-order valence-corrected chi connectivity index (χ1v) is 13.5. The van der Waals surface area contributed by atoms with Crippen molar-refractivity contribution >= 4 is 33.3 Å². The van der Waals surface area contributed by atoms with Crippen LogP contribution in [0.2, 0.25) is 0 Å². The first kappa shape index (κ1) is 26.4. The van der Waals surface area contributed by atoms with E-state index in [0.717, 1.165) is 21.6 Å². The number of ketones is 1. The Balaban J connectivity index is 1.40. The monoisotopic (exact) mass is 512 g/mol. The lowest BCUT2D eigenvalue weighted by molar-refractivity contribution is -0.124. The van der Waals surface area contributed by atoms with Crippen molar-refractivity contribution in [1.82, 2.24) is 20.0 Å². The second-order valence-electron chi connectivity index (χ2n) is 11.2. The van der Waals surface area contributed by atoms with Crippen molar-refractivity contribution in [2.24, 2.45) is 11.8 Å². The van der Waals surface area contributed by atoms with Crippen LogP contribution in [0.5, 0.6) is 0 Å². The molecule has 4 rings (SSSR count). The highest BCUT2D eigenvalue weighted by molar-refractivity contribution is 7.18. The maximum absolute atomic E-state index is 13.3. The van der Waals surface area contributed by atoms with E-state index in [1.807, 2.05) is 32.0 Å². The lowest BCUT2D eigenvalue weighted by Gasteiger charge is -2.32.